The summed E-state index contributed by atoms with van der Waals surface area (Å²) in [4.78, 5) is 124. The van der Waals surface area contributed by atoms with Gasteiger partial charge in [-0.3, -0.25) is 57.5 Å². The summed E-state index contributed by atoms with van der Waals surface area (Å²) in [6, 6.07) is 0. The molecular formula is C39H52O24. The van der Waals surface area contributed by atoms with Gasteiger partial charge >= 0.3 is 71.6 Å². The Morgan fingerprint density at radius 3 is 0.603 bits per heavy atom. The van der Waals surface area contributed by atoms with E-state index in [0.717, 1.165) is 12.8 Å². The van der Waals surface area contributed by atoms with Crippen molar-refractivity contribution in [3.63, 3.8) is 0 Å². The Hall–Kier alpha value is -6.62. The topological polar surface area (TPSA) is 448 Å². The second-order valence-electron chi connectivity index (χ2n) is 15.7. The van der Waals surface area contributed by atoms with E-state index in [1.807, 2.05) is 0 Å². The number of aliphatic carboxylic acids is 12. The summed E-state index contributed by atoms with van der Waals surface area (Å²) < 4.78 is 0. The predicted octanol–water partition coefficient (Wildman–Crippen LogP) is 2.33. The minimum absolute atomic E-state index is 0.275. The highest BCUT2D eigenvalue weighted by molar-refractivity contribution is 6.01. The molecule has 6 aliphatic rings. The molecule has 24 nitrogen and oxygen atoms in total. The van der Waals surface area contributed by atoms with E-state index >= 15 is 0 Å². The van der Waals surface area contributed by atoms with Crippen molar-refractivity contribution in [1.82, 2.24) is 0 Å². The maximum atomic E-state index is 10.6. The van der Waals surface area contributed by atoms with E-state index < -0.39 is 130 Å². The van der Waals surface area contributed by atoms with E-state index in [1.165, 1.54) is 0 Å². The third kappa shape index (κ3) is 15.1. The smallest absolute Gasteiger partial charge is 0.321 e. The van der Waals surface area contributed by atoms with Crippen molar-refractivity contribution in [2.45, 2.75) is 96.3 Å². The van der Waals surface area contributed by atoms with Gasteiger partial charge in [0.25, 0.3) is 0 Å². The largest absolute Gasteiger partial charge is 0.481 e. The average molecular weight is 905 g/mol. The molecule has 0 aromatic carbocycles. The van der Waals surface area contributed by atoms with Gasteiger partial charge in [0, 0.05) is 0 Å². The first kappa shape index (κ1) is 54.4. The van der Waals surface area contributed by atoms with Crippen molar-refractivity contribution >= 4 is 71.6 Å². The van der Waals surface area contributed by atoms with Gasteiger partial charge in [-0.05, 0) is 83.5 Å². The molecule has 8 atom stereocenters. The maximum absolute atomic E-state index is 10.6. The van der Waals surface area contributed by atoms with Gasteiger partial charge in [-0.1, -0.05) is 25.0 Å². The van der Waals surface area contributed by atoms with Crippen molar-refractivity contribution in [1.29, 1.82) is 0 Å². The van der Waals surface area contributed by atoms with Crippen LogP contribution in [-0.2, 0) is 57.5 Å². The number of rotatable bonds is 12. The van der Waals surface area contributed by atoms with Crippen LogP contribution in [0.1, 0.15) is 96.3 Å². The number of allylic oxidation sites excluding steroid dienone is 2. The average Bonchev–Trinajstić information content (AvgIpc) is 3.93. The SMILES string of the molecule is O=C(O)C1(C(=O)O)CC1.O=C(O)C1(C(=O)O)CCC1.O=C(O)[C@@H]1CC[C@H]1C(=O)O.O=C(O)[C@H]1CC=CC[C@H]1C(=O)O.O=C(O)[C@H]1CCCC[C@H]1C(=O)O.O=C(O)[C@H]1CC[C@H]1C(=O)O. The van der Waals surface area contributed by atoms with E-state index in [0.29, 0.717) is 57.8 Å². The number of carboxylic acids is 12. The van der Waals surface area contributed by atoms with E-state index in [-0.39, 0.29) is 25.7 Å². The van der Waals surface area contributed by atoms with Crippen LogP contribution in [0, 0.1) is 58.2 Å². The Morgan fingerprint density at radius 1 is 0.286 bits per heavy atom. The Bertz CT molecular complexity index is 1630. The molecule has 5 saturated carbocycles. The molecule has 0 amide bonds. The number of carboxylic acid groups (broad SMARTS) is 12. The van der Waals surface area contributed by atoms with Gasteiger partial charge in [0.1, 0.15) is 0 Å². The van der Waals surface area contributed by atoms with E-state index in [2.05, 4.69) is 0 Å². The zero-order valence-electron chi connectivity index (χ0n) is 33.6. The first-order valence-electron chi connectivity index (χ1n) is 19.6. The van der Waals surface area contributed by atoms with Crippen LogP contribution < -0.4 is 0 Å². The zero-order chi connectivity index (χ0) is 48.6. The summed E-state index contributed by atoms with van der Waals surface area (Å²) in [6.45, 7) is 0. The minimum Gasteiger partial charge on any atom is -0.481 e. The Morgan fingerprint density at radius 2 is 0.492 bits per heavy atom. The van der Waals surface area contributed by atoms with Crippen LogP contribution in [0.4, 0.5) is 0 Å². The van der Waals surface area contributed by atoms with Gasteiger partial charge < -0.3 is 61.3 Å². The minimum atomic E-state index is -1.44. The molecule has 24 heteroatoms. The molecule has 12 N–H and O–H groups in total. The highest BCUT2D eigenvalue weighted by Crippen LogP contribution is 2.46. The van der Waals surface area contributed by atoms with E-state index in [4.69, 9.17) is 61.3 Å². The molecular weight excluding hydrogens is 852 g/mol. The molecule has 352 valence electrons. The van der Waals surface area contributed by atoms with E-state index in [9.17, 15) is 57.5 Å². The maximum Gasteiger partial charge on any atom is 0.321 e. The first-order chi connectivity index (χ1) is 29.2. The number of hydrogen-bond donors (Lipinski definition) is 12. The molecule has 0 spiro atoms. The fourth-order valence-electron chi connectivity index (χ4n) is 6.96. The Kier molecular flexibility index (Phi) is 20.8. The van der Waals surface area contributed by atoms with Gasteiger partial charge in [0.15, 0.2) is 10.8 Å². The van der Waals surface area contributed by atoms with Gasteiger partial charge in [0.2, 0.25) is 0 Å². The molecule has 0 aromatic rings. The zero-order valence-corrected chi connectivity index (χ0v) is 33.6. The summed E-state index contributed by atoms with van der Waals surface area (Å²) >= 11 is 0. The van der Waals surface area contributed by atoms with Crippen LogP contribution in [0.15, 0.2) is 12.2 Å². The fraction of sp³-hybridized carbons (Fsp3) is 0.641. The lowest BCUT2D eigenvalue weighted by Crippen LogP contribution is -2.44. The van der Waals surface area contributed by atoms with Crippen LogP contribution >= 0.6 is 0 Å². The molecule has 0 heterocycles. The monoisotopic (exact) mass is 904 g/mol. The van der Waals surface area contributed by atoms with Gasteiger partial charge in [-0.2, -0.15) is 0 Å². The number of carbonyl (C=O) groups is 12. The van der Waals surface area contributed by atoms with Crippen molar-refractivity contribution in [3.05, 3.63) is 12.2 Å². The van der Waals surface area contributed by atoms with Crippen LogP contribution in [0.3, 0.4) is 0 Å². The van der Waals surface area contributed by atoms with Gasteiger partial charge in [-0.15, -0.1) is 0 Å². The highest BCUT2D eigenvalue weighted by Gasteiger charge is 2.57. The molecule has 0 radical (unpaired) electrons. The molecule has 0 bridgehead atoms. The summed E-state index contributed by atoms with van der Waals surface area (Å²) in [5, 5.41) is 102. The normalized spacial score (nSPS) is 27.2. The second-order valence-corrected chi connectivity index (χ2v) is 15.7. The number of hydrogen-bond acceptors (Lipinski definition) is 12. The van der Waals surface area contributed by atoms with Crippen LogP contribution in [0.2, 0.25) is 0 Å². The molecule has 5 fully saturated rings. The van der Waals surface area contributed by atoms with Crippen molar-refractivity contribution < 1.29 is 119 Å². The lowest BCUT2D eigenvalue weighted by Gasteiger charge is -2.32. The molecule has 0 saturated heterocycles. The van der Waals surface area contributed by atoms with Crippen LogP contribution in [0.5, 0.6) is 0 Å². The molecule has 6 rings (SSSR count). The Labute approximate surface area is 356 Å². The standard InChI is InChI=1S/C8H12O4.C8H10O4.3C6H8O4.C5H6O4/c2*9-7(10)5-3-1-2-4-6(5)8(11)12;7-4(8)6(5(9)10)2-1-3-6;2*7-5(8)3-1-2-4(3)6(9)10;6-3(7)5(1-2-5)4(8)9/h5-6H,1-4H2,(H,9,10)(H,11,12);1-2,5-6H,3-4H2,(H,9,10)(H,11,12);1-3H2,(H,7,8)(H,9,10);2*3-4H,1-2H2,(H,7,8)(H,9,10);1-2H2,(H,6,7)(H,8,9)/t2*5-,6+;;3-,4+;3-,4-;/m....1./s1. The van der Waals surface area contributed by atoms with Crippen LogP contribution in [-0.4, -0.2) is 133 Å². The summed E-state index contributed by atoms with van der Waals surface area (Å²) in [7, 11) is 0. The fourth-order valence-corrected chi connectivity index (χ4v) is 6.96. The molecule has 6 aliphatic carbocycles. The van der Waals surface area contributed by atoms with Crippen LogP contribution in [0.25, 0.3) is 0 Å². The first-order valence-corrected chi connectivity index (χ1v) is 19.6. The second kappa shape index (κ2) is 24.1. The van der Waals surface area contributed by atoms with E-state index in [1.54, 1.807) is 12.2 Å². The quantitative estimate of drug-likeness (QED) is 0.0987. The van der Waals surface area contributed by atoms with Gasteiger partial charge in [0.05, 0.1) is 47.3 Å². The molecule has 63 heavy (non-hydrogen) atoms. The highest BCUT2D eigenvalue weighted by atomic mass is 16.4. The lowest BCUT2D eigenvalue weighted by atomic mass is 9.69. The third-order valence-corrected chi connectivity index (χ3v) is 11.9. The molecule has 0 aliphatic heterocycles. The van der Waals surface area contributed by atoms with Crippen molar-refractivity contribution in [2.75, 3.05) is 0 Å². The third-order valence-electron chi connectivity index (χ3n) is 11.9. The van der Waals surface area contributed by atoms with Crippen molar-refractivity contribution in [3.8, 4) is 0 Å². The predicted molar refractivity (Wildman–Crippen MR) is 203 cm³/mol. The summed E-state index contributed by atoms with van der Waals surface area (Å²) in [5.74, 6) is -18.2. The molecule has 0 aromatic heterocycles. The Balaban J connectivity index is 0.000000379. The van der Waals surface area contributed by atoms with Gasteiger partial charge in [-0.25, -0.2) is 0 Å². The van der Waals surface area contributed by atoms with Crippen molar-refractivity contribution in [2.24, 2.45) is 58.2 Å². The lowest BCUT2D eigenvalue weighted by molar-refractivity contribution is -0.171. The summed E-state index contributed by atoms with van der Waals surface area (Å²) in [6.07, 6.45) is 10.6. The summed E-state index contributed by atoms with van der Waals surface area (Å²) in [5.41, 5.74) is -2.86. The molecule has 0 unspecified atom stereocenters.